The minimum Gasteiger partial charge on any atom is -0.406 e. The first-order valence-corrected chi connectivity index (χ1v) is 7.20. The van der Waals surface area contributed by atoms with Gasteiger partial charge in [-0.15, -0.1) is 16.7 Å². The second-order valence-electron chi connectivity index (χ2n) is 4.02. The van der Waals surface area contributed by atoms with Crippen LogP contribution in [-0.4, -0.2) is 27.7 Å². The van der Waals surface area contributed by atoms with Crippen LogP contribution in [0.1, 0.15) is 37.5 Å². The fourth-order valence-corrected chi connectivity index (χ4v) is 3.01. The summed E-state index contributed by atoms with van der Waals surface area (Å²) in [6.45, 7) is 1.82. The van der Waals surface area contributed by atoms with Gasteiger partial charge in [-0.2, -0.15) is 11.8 Å². The van der Waals surface area contributed by atoms with Gasteiger partial charge in [0, 0.05) is 11.3 Å². The standard InChI is InChI=1S/C10H16ClN3OS/c1-6(11)9-13-14-10(15-9)12-7-4-3-5-8(7)16-2/h6-8H,3-5H2,1-2H3,(H,12,14). The van der Waals surface area contributed by atoms with Crippen LogP contribution in [0.3, 0.4) is 0 Å². The highest BCUT2D eigenvalue weighted by Crippen LogP contribution is 2.31. The molecule has 1 aromatic rings. The Balaban J connectivity index is 1.97. The van der Waals surface area contributed by atoms with Crippen LogP contribution in [0.15, 0.2) is 4.42 Å². The van der Waals surface area contributed by atoms with E-state index in [4.69, 9.17) is 16.0 Å². The molecule has 6 heteroatoms. The highest BCUT2D eigenvalue weighted by atomic mass is 35.5. The van der Waals surface area contributed by atoms with Crippen molar-refractivity contribution in [2.75, 3.05) is 11.6 Å². The molecule has 0 aliphatic heterocycles. The number of anilines is 1. The Morgan fingerprint density at radius 1 is 1.50 bits per heavy atom. The molecular weight excluding hydrogens is 246 g/mol. The summed E-state index contributed by atoms with van der Waals surface area (Å²) in [7, 11) is 0. The van der Waals surface area contributed by atoms with Gasteiger partial charge in [-0.25, -0.2) is 0 Å². The summed E-state index contributed by atoms with van der Waals surface area (Å²) in [6.07, 6.45) is 5.83. The number of aromatic nitrogens is 2. The minimum absolute atomic E-state index is 0.233. The lowest BCUT2D eigenvalue weighted by atomic mass is 10.2. The third kappa shape index (κ3) is 2.63. The second kappa shape index (κ2) is 5.27. The Morgan fingerprint density at radius 2 is 2.31 bits per heavy atom. The van der Waals surface area contributed by atoms with Crippen molar-refractivity contribution in [2.24, 2.45) is 0 Å². The molecule has 1 aromatic heterocycles. The predicted molar refractivity (Wildman–Crippen MR) is 67.1 cm³/mol. The third-order valence-electron chi connectivity index (χ3n) is 2.85. The Morgan fingerprint density at radius 3 is 2.94 bits per heavy atom. The lowest BCUT2D eigenvalue weighted by Crippen LogP contribution is -2.25. The Bertz CT molecular complexity index is 345. The van der Waals surface area contributed by atoms with E-state index in [9.17, 15) is 0 Å². The maximum atomic E-state index is 5.86. The molecule has 1 heterocycles. The summed E-state index contributed by atoms with van der Waals surface area (Å²) in [4.78, 5) is 0. The van der Waals surface area contributed by atoms with E-state index in [2.05, 4.69) is 21.8 Å². The van der Waals surface area contributed by atoms with Gasteiger partial charge in [0.25, 0.3) is 0 Å². The van der Waals surface area contributed by atoms with Gasteiger partial charge in [0.2, 0.25) is 5.89 Å². The monoisotopic (exact) mass is 261 g/mol. The molecule has 0 bridgehead atoms. The molecule has 0 amide bonds. The summed E-state index contributed by atoms with van der Waals surface area (Å²) in [6, 6.07) is 0.933. The highest BCUT2D eigenvalue weighted by Gasteiger charge is 2.27. The minimum atomic E-state index is -0.233. The smallest absolute Gasteiger partial charge is 0.315 e. The fraction of sp³-hybridized carbons (Fsp3) is 0.800. The molecule has 0 aromatic carbocycles. The predicted octanol–water partition coefficient (Wildman–Crippen LogP) is 3.07. The third-order valence-corrected chi connectivity index (χ3v) is 4.20. The molecule has 2 rings (SSSR count). The summed E-state index contributed by atoms with van der Waals surface area (Å²) < 4.78 is 5.43. The first-order chi connectivity index (χ1) is 7.70. The molecule has 1 aliphatic carbocycles. The zero-order chi connectivity index (χ0) is 11.5. The average molecular weight is 262 g/mol. The highest BCUT2D eigenvalue weighted by molar-refractivity contribution is 7.99. The summed E-state index contributed by atoms with van der Waals surface area (Å²) in [5, 5.41) is 11.5. The maximum Gasteiger partial charge on any atom is 0.315 e. The largest absolute Gasteiger partial charge is 0.406 e. The number of alkyl halides is 1. The molecule has 0 radical (unpaired) electrons. The Labute approximate surface area is 105 Å². The van der Waals surface area contributed by atoms with Gasteiger partial charge < -0.3 is 9.73 Å². The van der Waals surface area contributed by atoms with Crippen molar-refractivity contribution in [2.45, 2.75) is 42.9 Å². The van der Waals surface area contributed by atoms with Crippen molar-refractivity contribution in [3.05, 3.63) is 5.89 Å². The molecule has 1 saturated carbocycles. The van der Waals surface area contributed by atoms with E-state index < -0.39 is 0 Å². The van der Waals surface area contributed by atoms with Gasteiger partial charge in [-0.05, 0) is 26.0 Å². The first-order valence-electron chi connectivity index (χ1n) is 5.47. The normalized spacial score (nSPS) is 26.9. The number of halogens is 1. The van der Waals surface area contributed by atoms with E-state index >= 15 is 0 Å². The first kappa shape index (κ1) is 12.0. The molecule has 90 valence electrons. The fourth-order valence-electron chi connectivity index (χ4n) is 1.99. The molecule has 0 spiro atoms. The van der Waals surface area contributed by atoms with Crippen LogP contribution in [0.2, 0.25) is 0 Å². The van der Waals surface area contributed by atoms with Gasteiger partial charge in [0.05, 0.1) is 0 Å². The number of hydrogen-bond acceptors (Lipinski definition) is 5. The Kier molecular flexibility index (Phi) is 3.97. The molecular formula is C10H16ClN3OS. The van der Waals surface area contributed by atoms with Crippen LogP contribution in [0.4, 0.5) is 6.01 Å². The maximum absolute atomic E-state index is 5.86. The van der Waals surface area contributed by atoms with Crippen LogP contribution >= 0.6 is 23.4 Å². The average Bonchev–Trinajstić information content (AvgIpc) is 2.87. The van der Waals surface area contributed by atoms with E-state index in [0.29, 0.717) is 23.2 Å². The van der Waals surface area contributed by atoms with Gasteiger partial charge >= 0.3 is 6.01 Å². The van der Waals surface area contributed by atoms with Crippen molar-refractivity contribution in [3.63, 3.8) is 0 Å². The van der Waals surface area contributed by atoms with E-state index in [-0.39, 0.29) is 5.38 Å². The topological polar surface area (TPSA) is 51.0 Å². The SMILES string of the molecule is CSC1CCCC1Nc1nnc(C(C)Cl)o1. The zero-order valence-electron chi connectivity index (χ0n) is 9.44. The molecule has 4 nitrogen and oxygen atoms in total. The van der Waals surface area contributed by atoms with Gasteiger partial charge in [0.1, 0.15) is 5.38 Å². The van der Waals surface area contributed by atoms with E-state index in [1.165, 1.54) is 19.3 Å². The summed E-state index contributed by atoms with van der Waals surface area (Å²) in [5.74, 6) is 0.475. The van der Waals surface area contributed by atoms with E-state index in [1.807, 2.05) is 18.7 Å². The Hall–Kier alpha value is -0.420. The molecule has 0 saturated heterocycles. The number of rotatable bonds is 4. The van der Waals surface area contributed by atoms with Crippen molar-refractivity contribution >= 4 is 29.4 Å². The number of hydrogen-bond donors (Lipinski definition) is 1. The van der Waals surface area contributed by atoms with Crippen molar-refractivity contribution in [1.82, 2.24) is 10.2 Å². The van der Waals surface area contributed by atoms with Crippen LogP contribution in [0.5, 0.6) is 0 Å². The van der Waals surface area contributed by atoms with Gasteiger partial charge in [-0.3, -0.25) is 0 Å². The number of thioether (sulfide) groups is 1. The van der Waals surface area contributed by atoms with Crippen molar-refractivity contribution < 1.29 is 4.42 Å². The van der Waals surface area contributed by atoms with Gasteiger partial charge in [0.15, 0.2) is 0 Å². The molecule has 3 atom stereocenters. The van der Waals surface area contributed by atoms with Crippen molar-refractivity contribution in [3.8, 4) is 0 Å². The number of nitrogens with one attached hydrogen (secondary N) is 1. The number of nitrogens with zero attached hydrogens (tertiary/aromatic N) is 2. The molecule has 1 fully saturated rings. The van der Waals surface area contributed by atoms with E-state index in [1.54, 1.807) is 0 Å². The zero-order valence-corrected chi connectivity index (χ0v) is 11.0. The van der Waals surface area contributed by atoms with E-state index in [0.717, 1.165) is 0 Å². The second-order valence-corrected chi connectivity index (χ2v) is 5.75. The van der Waals surface area contributed by atoms with Crippen LogP contribution in [0.25, 0.3) is 0 Å². The lowest BCUT2D eigenvalue weighted by molar-refractivity contribution is 0.499. The summed E-state index contributed by atoms with van der Waals surface area (Å²) in [5.41, 5.74) is 0. The lowest BCUT2D eigenvalue weighted by Gasteiger charge is -2.17. The van der Waals surface area contributed by atoms with Gasteiger partial charge in [-0.1, -0.05) is 11.5 Å². The molecule has 1 aliphatic rings. The molecule has 16 heavy (non-hydrogen) atoms. The van der Waals surface area contributed by atoms with Crippen LogP contribution < -0.4 is 5.32 Å². The van der Waals surface area contributed by atoms with Crippen LogP contribution in [0, 0.1) is 0 Å². The van der Waals surface area contributed by atoms with Crippen molar-refractivity contribution in [1.29, 1.82) is 0 Å². The van der Waals surface area contributed by atoms with Crippen LogP contribution in [-0.2, 0) is 0 Å². The molecule has 3 unspecified atom stereocenters. The quantitative estimate of drug-likeness (QED) is 0.845. The molecule has 1 N–H and O–H groups in total. The summed E-state index contributed by atoms with van der Waals surface area (Å²) >= 11 is 7.76.